The van der Waals surface area contributed by atoms with Crippen LogP contribution in [0.2, 0.25) is 0 Å². The Balaban J connectivity index is 2.27. The average Bonchev–Trinajstić information content (AvgIpc) is 2.96. The summed E-state index contributed by atoms with van der Waals surface area (Å²) in [5.74, 6) is -0.702. The average molecular weight is 245 g/mol. The number of nitrogens with one attached hydrogen (secondary N) is 1. The summed E-state index contributed by atoms with van der Waals surface area (Å²) in [6.45, 7) is 0. The Morgan fingerprint density at radius 1 is 1.44 bits per heavy atom. The molecule has 0 unspecified atom stereocenters. The fourth-order valence-corrected chi connectivity index (χ4v) is 1.66. The lowest BCUT2D eigenvalue weighted by molar-refractivity contribution is 0.0690. The summed E-state index contributed by atoms with van der Waals surface area (Å²) in [6, 6.07) is 5.93. The van der Waals surface area contributed by atoms with Crippen molar-refractivity contribution in [2.45, 2.75) is 0 Å². The molecule has 0 radical (unpaired) electrons. The van der Waals surface area contributed by atoms with Crippen LogP contribution in [0.1, 0.15) is 10.5 Å². The monoisotopic (exact) mass is 245 g/mol. The van der Waals surface area contributed by atoms with Gasteiger partial charge in [-0.05, 0) is 12.1 Å². The van der Waals surface area contributed by atoms with Crippen LogP contribution in [0.3, 0.4) is 0 Å². The number of carbonyl (C=O) groups is 1. The maximum Gasteiger partial charge on any atom is 0.354 e. The molecule has 0 amide bonds. The molecule has 3 aromatic rings. The first-order chi connectivity index (χ1) is 8.65. The molecule has 0 aromatic carbocycles. The summed E-state index contributed by atoms with van der Waals surface area (Å²) in [6.07, 6.45) is 1.50. The van der Waals surface area contributed by atoms with E-state index in [4.69, 9.17) is 9.52 Å². The topological polar surface area (TPSA) is 101 Å². The number of H-pyrrole nitrogens is 1. The van der Waals surface area contributed by atoms with Crippen LogP contribution in [-0.4, -0.2) is 25.7 Å². The number of aromatic amines is 1. The Morgan fingerprint density at radius 3 is 2.94 bits per heavy atom. The molecular weight excluding hydrogens is 238 g/mol. The minimum atomic E-state index is -1.24. The molecular formula is C11H7N3O4. The van der Waals surface area contributed by atoms with E-state index in [0.717, 1.165) is 10.6 Å². The number of carboxylic acids is 1. The first-order valence-electron chi connectivity index (χ1n) is 5.05. The molecule has 0 aliphatic rings. The number of hydrogen-bond acceptors (Lipinski definition) is 4. The van der Waals surface area contributed by atoms with Gasteiger partial charge in [0, 0.05) is 12.1 Å². The zero-order valence-corrected chi connectivity index (χ0v) is 8.95. The molecule has 3 rings (SSSR count). The number of furan rings is 1. The summed E-state index contributed by atoms with van der Waals surface area (Å²) in [7, 11) is 0. The molecule has 0 spiro atoms. The van der Waals surface area contributed by atoms with Gasteiger partial charge in [0.15, 0.2) is 17.1 Å². The lowest BCUT2D eigenvalue weighted by Crippen LogP contribution is -2.17. The normalized spacial score (nSPS) is 10.9. The second-order valence-corrected chi connectivity index (χ2v) is 3.63. The zero-order valence-electron chi connectivity index (χ0n) is 8.95. The lowest BCUT2D eigenvalue weighted by Gasteiger charge is -1.94. The first-order valence-corrected chi connectivity index (χ1v) is 5.05. The molecule has 0 aliphatic heterocycles. The standard InChI is InChI=1S/C11H7N3O4/c15-10-5-7(11(16)17)12-9-4-6(13-14(9)10)8-2-1-3-18-8/h1-5,13H,(H,16,17). The van der Waals surface area contributed by atoms with Crippen molar-refractivity contribution in [3.8, 4) is 11.5 Å². The Kier molecular flexibility index (Phi) is 2.06. The van der Waals surface area contributed by atoms with Crippen molar-refractivity contribution in [2.24, 2.45) is 0 Å². The van der Waals surface area contributed by atoms with E-state index in [1.165, 1.54) is 6.26 Å². The van der Waals surface area contributed by atoms with E-state index in [1.807, 2.05) is 0 Å². The molecule has 7 heteroatoms. The van der Waals surface area contributed by atoms with Crippen molar-refractivity contribution in [2.75, 3.05) is 0 Å². The van der Waals surface area contributed by atoms with Crippen molar-refractivity contribution in [1.29, 1.82) is 0 Å². The fourth-order valence-electron chi connectivity index (χ4n) is 1.66. The van der Waals surface area contributed by atoms with Crippen molar-refractivity contribution in [1.82, 2.24) is 14.6 Å². The van der Waals surface area contributed by atoms with Gasteiger partial charge in [-0.2, -0.15) is 0 Å². The molecule has 0 atom stereocenters. The van der Waals surface area contributed by atoms with Gasteiger partial charge in [0.25, 0.3) is 5.56 Å². The third kappa shape index (κ3) is 1.49. The molecule has 3 heterocycles. The van der Waals surface area contributed by atoms with Crippen molar-refractivity contribution in [3.05, 3.63) is 46.6 Å². The number of rotatable bonds is 2. The van der Waals surface area contributed by atoms with Crippen molar-refractivity contribution >= 4 is 11.6 Å². The molecule has 3 aromatic heterocycles. The highest BCUT2D eigenvalue weighted by molar-refractivity contribution is 5.85. The fraction of sp³-hybridized carbons (Fsp3) is 0. The van der Waals surface area contributed by atoms with Crippen LogP contribution in [0.15, 0.2) is 39.7 Å². The Hall–Kier alpha value is -2.83. The van der Waals surface area contributed by atoms with Gasteiger partial charge in [0.1, 0.15) is 5.69 Å². The highest BCUT2D eigenvalue weighted by Gasteiger charge is 2.12. The van der Waals surface area contributed by atoms with E-state index >= 15 is 0 Å². The predicted octanol–water partition coefficient (Wildman–Crippen LogP) is 0.981. The zero-order chi connectivity index (χ0) is 12.7. The number of aromatic nitrogens is 3. The maximum absolute atomic E-state index is 11.7. The molecule has 18 heavy (non-hydrogen) atoms. The summed E-state index contributed by atoms with van der Waals surface area (Å²) in [5, 5.41) is 11.6. The lowest BCUT2D eigenvalue weighted by atomic mass is 10.3. The van der Waals surface area contributed by atoms with E-state index in [1.54, 1.807) is 18.2 Å². The largest absolute Gasteiger partial charge is 0.477 e. The van der Waals surface area contributed by atoms with Gasteiger partial charge in [-0.25, -0.2) is 14.3 Å². The second kappa shape index (κ2) is 3.59. The molecule has 0 fully saturated rings. The molecule has 0 aliphatic carbocycles. The Morgan fingerprint density at radius 2 is 2.28 bits per heavy atom. The van der Waals surface area contributed by atoms with E-state index < -0.39 is 11.5 Å². The van der Waals surface area contributed by atoms with Crippen LogP contribution in [0, 0.1) is 0 Å². The van der Waals surface area contributed by atoms with Gasteiger partial charge in [-0.1, -0.05) is 0 Å². The van der Waals surface area contributed by atoms with Crippen LogP contribution in [0.5, 0.6) is 0 Å². The van der Waals surface area contributed by atoms with Crippen LogP contribution in [0.4, 0.5) is 0 Å². The molecule has 2 N–H and O–H groups in total. The maximum atomic E-state index is 11.7. The van der Waals surface area contributed by atoms with Crippen molar-refractivity contribution in [3.63, 3.8) is 0 Å². The highest BCUT2D eigenvalue weighted by Crippen LogP contribution is 2.18. The quantitative estimate of drug-likeness (QED) is 0.700. The van der Waals surface area contributed by atoms with E-state index in [2.05, 4.69) is 10.1 Å². The van der Waals surface area contributed by atoms with Gasteiger partial charge in [0.05, 0.1) is 6.26 Å². The second-order valence-electron chi connectivity index (χ2n) is 3.63. The Bertz CT molecular complexity index is 782. The minimum absolute atomic E-state index is 0.228. The molecule has 0 saturated carbocycles. The minimum Gasteiger partial charge on any atom is -0.477 e. The highest BCUT2D eigenvalue weighted by atomic mass is 16.4. The number of nitrogens with zero attached hydrogens (tertiary/aromatic N) is 2. The molecule has 90 valence electrons. The first kappa shape index (κ1) is 10.3. The van der Waals surface area contributed by atoms with Crippen LogP contribution in [0.25, 0.3) is 17.1 Å². The van der Waals surface area contributed by atoms with Crippen LogP contribution in [-0.2, 0) is 0 Å². The summed E-state index contributed by atoms with van der Waals surface area (Å²) >= 11 is 0. The van der Waals surface area contributed by atoms with E-state index in [9.17, 15) is 9.59 Å². The number of fused-ring (bicyclic) bond motifs is 1. The SMILES string of the molecule is O=C(O)c1cc(=O)n2[nH]c(-c3ccco3)cc2n1. The Labute approximate surface area is 99.3 Å². The van der Waals surface area contributed by atoms with Gasteiger partial charge in [-0.3, -0.25) is 9.89 Å². The van der Waals surface area contributed by atoms with E-state index in [0.29, 0.717) is 11.5 Å². The molecule has 7 nitrogen and oxygen atoms in total. The van der Waals surface area contributed by atoms with Gasteiger partial charge < -0.3 is 9.52 Å². The van der Waals surface area contributed by atoms with Crippen molar-refractivity contribution < 1.29 is 14.3 Å². The van der Waals surface area contributed by atoms with E-state index in [-0.39, 0.29) is 11.3 Å². The van der Waals surface area contributed by atoms with Gasteiger partial charge in [-0.15, -0.1) is 0 Å². The summed E-state index contributed by atoms with van der Waals surface area (Å²) < 4.78 is 6.33. The van der Waals surface area contributed by atoms with Gasteiger partial charge in [0.2, 0.25) is 0 Å². The van der Waals surface area contributed by atoms with Crippen LogP contribution < -0.4 is 5.56 Å². The molecule has 0 saturated heterocycles. The number of aromatic carboxylic acids is 1. The summed E-state index contributed by atoms with van der Waals surface area (Å²) in [4.78, 5) is 26.3. The predicted molar refractivity (Wildman–Crippen MR) is 60.5 cm³/mol. The number of hydrogen-bond donors (Lipinski definition) is 2. The summed E-state index contributed by atoms with van der Waals surface area (Å²) in [5.41, 5.74) is -0.00126. The smallest absolute Gasteiger partial charge is 0.354 e. The third-order valence-corrected chi connectivity index (χ3v) is 2.46. The molecule has 0 bridgehead atoms. The van der Waals surface area contributed by atoms with Crippen LogP contribution >= 0.6 is 0 Å². The number of carboxylic acid groups (broad SMARTS) is 1. The van der Waals surface area contributed by atoms with Gasteiger partial charge >= 0.3 is 5.97 Å². The third-order valence-electron chi connectivity index (χ3n) is 2.46.